The second-order valence-electron chi connectivity index (χ2n) is 5.92. The van der Waals surface area contributed by atoms with Gasteiger partial charge in [-0.25, -0.2) is 13.6 Å². The summed E-state index contributed by atoms with van der Waals surface area (Å²) in [4.78, 5) is 0.155. The molecule has 23 heavy (non-hydrogen) atoms. The minimum absolute atomic E-state index is 0.155. The van der Waals surface area contributed by atoms with Gasteiger partial charge in [0.1, 0.15) is 0 Å². The van der Waals surface area contributed by atoms with Crippen molar-refractivity contribution < 1.29 is 8.42 Å². The van der Waals surface area contributed by atoms with Crippen molar-refractivity contribution in [2.75, 3.05) is 6.54 Å². The summed E-state index contributed by atoms with van der Waals surface area (Å²) in [6.07, 6.45) is 1.85. The summed E-state index contributed by atoms with van der Waals surface area (Å²) in [6, 6.07) is 15.6. The Balaban J connectivity index is 1.82. The minimum Gasteiger partial charge on any atom is -0.314 e. The second-order valence-corrected chi connectivity index (χ2v) is 7.49. The van der Waals surface area contributed by atoms with E-state index in [1.807, 2.05) is 12.1 Å². The topological polar surface area (TPSA) is 72.2 Å². The van der Waals surface area contributed by atoms with E-state index in [0.29, 0.717) is 6.04 Å². The van der Waals surface area contributed by atoms with Crippen LogP contribution in [-0.2, 0) is 22.9 Å². The van der Waals surface area contributed by atoms with Gasteiger partial charge >= 0.3 is 0 Å². The Morgan fingerprint density at radius 1 is 1.09 bits per heavy atom. The number of sulfonamides is 1. The number of hydrogen-bond donors (Lipinski definition) is 2. The standard InChI is InChI=1S/C18H24N2O2S/c1-14-5-3-4-6-17(14)13-15(2)20-12-11-16-7-9-18(10-8-16)23(19,21)22/h3-10,15,20H,11-13H2,1-2H3,(H2,19,21,22)/t15-/m0/s1. The van der Waals surface area contributed by atoms with Gasteiger partial charge in [-0.15, -0.1) is 0 Å². The minimum atomic E-state index is -3.61. The Labute approximate surface area is 138 Å². The third-order valence-electron chi connectivity index (χ3n) is 3.95. The molecule has 0 heterocycles. The quantitative estimate of drug-likeness (QED) is 0.818. The molecular weight excluding hydrogens is 308 g/mol. The predicted molar refractivity (Wildman–Crippen MR) is 93.9 cm³/mol. The third kappa shape index (κ3) is 5.46. The summed E-state index contributed by atoms with van der Waals surface area (Å²) in [5, 5.41) is 8.60. The van der Waals surface area contributed by atoms with Gasteiger partial charge < -0.3 is 5.32 Å². The first kappa shape index (κ1) is 17.7. The summed E-state index contributed by atoms with van der Waals surface area (Å²) in [6.45, 7) is 5.16. The lowest BCUT2D eigenvalue weighted by molar-refractivity contribution is 0.547. The van der Waals surface area contributed by atoms with Gasteiger partial charge in [-0.3, -0.25) is 0 Å². The van der Waals surface area contributed by atoms with Gasteiger partial charge in [0.2, 0.25) is 10.0 Å². The highest BCUT2D eigenvalue weighted by Gasteiger charge is 2.07. The molecular formula is C18H24N2O2S. The van der Waals surface area contributed by atoms with Crippen LogP contribution in [0.2, 0.25) is 0 Å². The van der Waals surface area contributed by atoms with Crippen LogP contribution in [0.25, 0.3) is 0 Å². The Morgan fingerprint density at radius 2 is 1.74 bits per heavy atom. The maximum Gasteiger partial charge on any atom is 0.238 e. The molecule has 0 radical (unpaired) electrons. The molecule has 0 unspecified atom stereocenters. The van der Waals surface area contributed by atoms with E-state index in [4.69, 9.17) is 5.14 Å². The SMILES string of the molecule is Cc1ccccc1C[C@H](C)NCCc1ccc(S(N)(=O)=O)cc1. The highest BCUT2D eigenvalue weighted by atomic mass is 32.2. The van der Waals surface area contributed by atoms with E-state index >= 15 is 0 Å². The van der Waals surface area contributed by atoms with Crippen LogP contribution in [-0.4, -0.2) is 21.0 Å². The zero-order chi connectivity index (χ0) is 16.9. The lowest BCUT2D eigenvalue weighted by atomic mass is 10.0. The highest BCUT2D eigenvalue weighted by molar-refractivity contribution is 7.89. The molecule has 0 bridgehead atoms. The van der Waals surface area contributed by atoms with Crippen LogP contribution in [0.5, 0.6) is 0 Å². The van der Waals surface area contributed by atoms with Crippen molar-refractivity contribution >= 4 is 10.0 Å². The number of primary sulfonamides is 1. The molecule has 2 aromatic rings. The number of benzene rings is 2. The molecule has 0 aliphatic carbocycles. The average molecular weight is 332 g/mol. The van der Waals surface area contributed by atoms with E-state index in [9.17, 15) is 8.42 Å². The van der Waals surface area contributed by atoms with Crippen LogP contribution in [0, 0.1) is 6.92 Å². The summed E-state index contributed by atoms with van der Waals surface area (Å²) in [7, 11) is -3.61. The zero-order valence-electron chi connectivity index (χ0n) is 13.6. The largest absolute Gasteiger partial charge is 0.314 e. The third-order valence-corrected chi connectivity index (χ3v) is 4.87. The van der Waals surface area contributed by atoms with Crippen molar-refractivity contribution in [1.82, 2.24) is 5.32 Å². The van der Waals surface area contributed by atoms with Gasteiger partial charge in [0.05, 0.1) is 4.90 Å². The monoisotopic (exact) mass is 332 g/mol. The second kappa shape index (κ2) is 7.73. The van der Waals surface area contributed by atoms with Crippen LogP contribution in [0.15, 0.2) is 53.4 Å². The fourth-order valence-corrected chi connectivity index (χ4v) is 3.07. The zero-order valence-corrected chi connectivity index (χ0v) is 14.4. The molecule has 0 saturated heterocycles. The van der Waals surface area contributed by atoms with E-state index in [0.717, 1.165) is 24.9 Å². The fourth-order valence-electron chi connectivity index (χ4n) is 2.55. The Bertz CT molecular complexity index is 740. The molecule has 0 aliphatic rings. The molecule has 2 aromatic carbocycles. The van der Waals surface area contributed by atoms with Gasteiger partial charge in [0.15, 0.2) is 0 Å². The molecule has 124 valence electrons. The average Bonchev–Trinajstić information content (AvgIpc) is 2.49. The molecule has 1 atom stereocenters. The Morgan fingerprint density at radius 3 is 2.35 bits per heavy atom. The van der Waals surface area contributed by atoms with E-state index in [-0.39, 0.29) is 4.90 Å². The summed E-state index contributed by atoms with van der Waals surface area (Å²) in [5.74, 6) is 0. The number of aryl methyl sites for hydroxylation is 1. The van der Waals surface area contributed by atoms with E-state index in [1.165, 1.54) is 11.1 Å². The molecule has 4 nitrogen and oxygen atoms in total. The molecule has 0 fully saturated rings. The molecule has 0 aromatic heterocycles. The molecule has 5 heteroatoms. The first-order chi connectivity index (χ1) is 10.9. The molecule has 2 rings (SSSR count). The van der Waals surface area contributed by atoms with Crippen LogP contribution < -0.4 is 10.5 Å². The van der Waals surface area contributed by atoms with E-state index in [1.54, 1.807) is 12.1 Å². The first-order valence-electron chi connectivity index (χ1n) is 7.76. The van der Waals surface area contributed by atoms with Gasteiger partial charge in [0.25, 0.3) is 0 Å². The maximum absolute atomic E-state index is 11.2. The molecule has 0 saturated carbocycles. The molecule has 0 spiro atoms. The van der Waals surface area contributed by atoms with Crippen LogP contribution >= 0.6 is 0 Å². The summed E-state index contributed by atoms with van der Waals surface area (Å²) < 4.78 is 22.4. The first-order valence-corrected chi connectivity index (χ1v) is 9.30. The number of rotatable bonds is 7. The van der Waals surface area contributed by atoms with Crippen molar-refractivity contribution in [3.8, 4) is 0 Å². The van der Waals surface area contributed by atoms with Crippen LogP contribution in [0.3, 0.4) is 0 Å². The maximum atomic E-state index is 11.2. The van der Waals surface area contributed by atoms with Gasteiger partial charge in [-0.2, -0.15) is 0 Å². The number of nitrogens with one attached hydrogen (secondary N) is 1. The van der Waals surface area contributed by atoms with Crippen LogP contribution in [0.4, 0.5) is 0 Å². The fraction of sp³-hybridized carbons (Fsp3) is 0.333. The lowest BCUT2D eigenvalue weighted by Gasteiger charge is -2.15. The molecule has 3 N–H and O–H groups in total. The van der Waals surface area contributed by atoms with Gasteiger partial charge in [-0.1, -0.05) is 36.4 Å². The van der Waals surface area contributed by atoms with E-state index in [2.05, 4.69) is 43.4 Å². The van der Waals surface area contributed by atoms with E-state index < -0.39 is 10.0 Å². The highest BCUT2D eigenvalue weighted by Crippen LogP contribution is 2.11. The van der Waals surface area contributed by atoms with Crippen LogP contribution in [0.1, 0.15) is 23.6 Å². The smallest absolute Gasteiger partial charge is 0.238 e. The van der Waals surface area contributed by atoms with Crippen molar-refractivity contribution in [2.45, 2.75) is 37.6 Å². The van der Waals surface area contributed by atoms with Crippen molar-refractivity contribution in [3.05, 3.63) is 65.2 Å². The Kier molecular flexibility index (Phi) is 5.93. The molecule has 0 amide bonds. The predicted octanol–water partition coefficient (Wildman–Crippen LogP) is 2.41. The number of hydrogen-bond acceptors (Lipinski definition) is 3. The van der Waals surface area contributed by atoms with Crippen molar-refractivity contribution in [1.29, 1.82) is 0 Å². The molecule has 0 aliphatic heterocycles. The van der Waals surface area contributed by atoms with Crippen molar-refractivity contribution in [3.63, 3.8) is 0 Å². The van der Waals surface area contributed by atoms with Crippen molar-refractivity contribution in [2.24, 2.45) is 5.14 Å². The lowest BCUT2D eigenvalue weighted by Crippen LogP contribution is -2.30. The number of nitrogens with two attached hydrogens (primary N) is 1. The Hall–Kier alpha value is -1.69. The summed E-state index contributed by atoms with van der Waals surface area (Å²) >= 11 is 0. The summed E-state index contributed by atoms with van der Waals surface area (Å²) in [5.41, 5.74) is 3.78. The van der Waals surface area contributed by atoms with Gasteiger partial charge in [-0.05, 0) is 62.1 Å². The van der Waals surface area contributed by atoms with Gasteiger partial charge in [0, 0.05) is 6.04 Å². The normalized spacial score (nSPS) is 13.0.